The van der Waals surface area contributed by atoms with Gasteiger partial charge in [0, 0.05) is 23.6 Å². The molecular weight excluding hydrogens is 443 g/mol. The van der Waals surface area contributed by atoms with Gasteiger partial charge in [0.2, 0.25) is 5.88 Å². The number of carbonyl (C=O) groups is 1. The van der Waals surface area contributed by atoms with Gasteiger partial charge < -0.3 is 10.0 Å². The van der Waals surface area contributed by atoms with Crippen LogP contribution in [-0.2, 0) is 0 Å². The highest BCUT2D eigenvalue weighted by atomic mass is 19.1. The number of amides is 1. The van der Waals surface area contributed by atoms with Crippen molar-refractivity contribution < 1.29 is 19.2 Å². The van der Waals surface area contributed by atoms with Crippen LogP contribution in [0.1, 0.15) is 34.6 Å². The normalized spacial score (nSPS) is 18.4. The molecule has 6 rings (SSSR count). The van der Waals surface area contributed by atoms with Crippen LogP contribution in [0.2, 0.25) is 0 Å². The molecule has 1 amide bonds. The molecule has 0 radical (unpaired) electrons. The zero-order chi connectivity index (χ0) is 23.7. The maximum Gasteiger partial charge on any atom is 0.336 e. The number of likely N-dealkylation sites (tertiary alicyclic amines) is 1. The summed E-state index contributed by atoms with van der Waals surface area (Å²) in [6, 6.07) is 13.8. The van der Waals surface area contributed by atoms with Crippen molar-refractivity contribution in [2.75, 3.05) is 6.54 Å². The SMILES string of the molecule is O=C(c1ccc(F)cc1)N1CC2CC1c1c(O)n(-c3ccc([N+](=O)[O-])c4ccccc34)c(=O)n12. The van der Waals surface area contributed by atoms with E-state index in [1.807, 2.05) is 0 Å². The Hall–Kier alpha value is -4.47. The van der Waals surface area contributed by atoms with E-state index >= 15 is 0 Å². The molecular formula is C24H17FN4O5. The van der Waals surface area contributed by atoms with Crippen molar-refractivity contribution in [2.24, 2.45) is 0 Å². The Morgan fingerprint density at radius 2 is 1.76 bits per heavy atom. The molecule has 170 valence electrons. The first-order chi connectivity index (χ1) is 16.4. The fraction of sp³-hybridized carbons (Fsp3) is 0.167. The number of non-ortho nitro benzene ring substituents is 1. The van der Waals surface area contributed by atoms with E-state index in [4.69, 9.17) is 0 Å². The Labute approximate surface area is 191 Å². The molecule has 0 spiro atoms. The molecule has 2 unspecified atom stereocenters. The molecule has 0 aliphatic carbocycles. The Balaban J connectivity index is 1.47. The van der Waals surface area contributed by atoms with Gasteiger partial charge in [0.1, 0.15) is 11.5 Å². The van der Waals surface area contributed by atoms with Crippen molar-refractivity contribution in [1.82, 2.24) is 14.0 Å². The van der Waals surface area contributed by atoms with E-state index in [0.717, 1.165) is 4.57 Å². The van der Waals surface area contributed by atoms with Crippen molar-refractivity contribution in [3.05, 3.63) is 98.3 Å². The van der Waals surface area contributed by atoms with E-state index in [2.05, 4.69) is 0 Å². The number of fused-ring (bicyclic) bond motifs is 6. The molecule has 2 atom stereocenters. The van der Waals surface area contributed by atoms with E-state index in [-0.39, 0.29) is 30.1 Å². The first-order valence-corrected chi connectivity index (χ1v) is 10.7. The van der Waals surface area contributed by atoms with Crippen LogP contribution in [0.4, 0.5) is 10.1 Å². The van der Waals surface area contributed by atoms with Crippen LogP contribution in [0, 0.1) is 15.9 Å². The number of nitro benzene ring substituents is 1. The molecule has 3 heterocycles. The molecule has 34 heavy (non-hydrogen) atoms. The highest BCUT2D eigenvalue weighted by Gasteiger charge is 2.49. The summed E-state index contributed by atoms with van der Waals surface area (Å²) in [5.74, 6) is -1.05. The molecule has 4 aromatic rings. The van der Waals surface area contributed by atoms with Gasteiger partial charge in [-0.25, -0.2) is 13.8 Å². The van der Waals surface area contributed by atoms with Gasteiger partial charge in [-0.15, -0.1) is 0 Å². The average Bonchev–Trinajstić information content (AvgIpc) is 3.50. The third-order valence-corrected chi connectivity index (χ3v) is 6.73. The Bertz CT molecular complexity index is 1570. The summed E-state index contributed by atoms with van der Waals surface area (Å²) in [6.45, 7) is 0.290. The predicted octanol–water partition coefficient (Wildman–Crippen LogP) is 3.69. The Kier molecular flexibility index (Phi) is 4.16. The maximum atomic E-state index is 13.4. The first kappa shape index (κ1) is 20.2. The van der Waals surface area contributed by atoms with Crippen molar-refractivity contribution >= 4 is 22.4 Å². The number of benzene rings is 3. The molecule has 2 aliphatic heterocycles. The number of rotatable bonds is 3. The minimum absolute atomic E-state index is 0.102. The van der Waals surface area contributed by atoms with Gasteiger partial charge in [0.25, 0.3) is 11.6 Å². The van der Waals surface area contributed by atoms with Gasteiger partial charge in [0.05, 0.1) is 28.1 Å². The summed E-state index contributed by atoms with van der Waals surface area (Å²) < 4.78 is 15.9. The van der Waals surface area contributed by atoms with Crippen LogP contribution >= 0.6 is 0 Å². The van der Waals surface area contributed by atoms with Gasteiger partial charge in [-0.05, 0) is 42.8 Å². The molecule has 9 nitrogen and oxygen atoms in total. The number of imidazole rings is 1. The molecule has 1 fully saturated rings. The minimum atomic E-state index is -0.513. The quantitative estimate of drug-likeness (QED) is 0.370. The van der Waals surface area contributed by atoms with Crippen LogP contribution in [0.5, 0.6) is 5.88 Å². The molecule has 0 saturated carbocycles. The number of nitro groups is 1. The van der Waals surface area contributed by atoms with Gasteiger partial charge in [-0.3, -0.25) is 19.5 Å². The maximum absolute atomic E-state index is 13.4. The number of aromatic nitrogens is 2. The lowest BCUT2D eigenvalue weighted by molar-refractivity contribution is -0.383. The van der Waals surface area contributed by atoms with Crippen molar-refractivity contribution in [2.45, 2.75) is 18.5 Å². The molecule has 10 heteroatoms. The van der Waals surface area contributed by atoms with Gasteiger partial charge in [-0.1, -0.05) is 18.2 Å². The van der Waals surface area contributed by atoms with Crippen LogP contribution in [-0.4, -0.2) is 36.5 Å². The van der Waals surface area contributed by atoms with Crippen LogP contribution in [0.15, 0.2) is 65.5 Å². The number of halogens is 1. The summed E-state index contributed by atoms with van der Waals surface area (Å²) in [4.78, 5) is 39.0. The standard InChI is InChI=1S/C24H17FN4O5/c25-14-7-5-13(6-8-14)22(30)26-12-15-11-20(26)21-23(31)28(24(32)27(15)21)18-9-10-19(29(33)34)17-4-2-1-3-16(17)18/h1-10,15,20,31H,11-12H2. The molecule has 3 aromatic carbocycles. The zero-order valence-corrected chi connectivity index (χ0v) is 17.6. The lowest BCUT2D eigenvalue weighted by Gasteiger charge is -2.27. The monoisotopic (exact) mass is 460 g/mol. The van der Waals surface area contributed by atoms with E-state index < -0.39 is 22.5 Å². The number of nitrogens with zero attached hydrogens (tertiary/aromatic N) is 4. The largest absolute Gasteiger partial charge is 0.493 e. The summed E-state index contributed by atoms with van der Waals surface area (Å²) in [6.07, 6.45) is 0.493. The van der Waals surface area contributed by atoms with E-state index in [1.165, 1.54) is 41.0 Å². The minimum Gasteiger partial charge on any atom is -0.493 e. The van der Waals surface area contributed by atoms with Gasteiger partial charge >= 0.3 is 5.69 Å². The molecule has 2 bridgehead atoms. The first-order valence-electron chi connectivity index (χ1n) is 10.7. The van der Waals surface area contributed by atoms with Crippen molar-refractivity contribution in [1.29, 1.82) is 0 Å². The number of carbonyl (C=O) groups excluding carboxylic acids is 1. The summed E-state index contributed by atoms with van der Waals surface area (Å²) in [7, 11) is 0. The Morgan fingerprint density at radius 3 is 2.47 bits per heavy atom. The number of hydrogen-bond donors (Lipinski definition) is 1. The number of aromatic hydroxyl groups is 1. The van der Waals surface area contributed by atoms with E-state index in [1.54, 1.807) is 29.2 Å². The summed E-state index contributed by atoms with van der Waals surface area (Å²) >= 11 is 0. The van der Waals surface area contributed by atoms with E-state index in [0.29, 0.717) is 34.1 Å². The molecule has 2 aliphatic rings. The third-order valence-electron chi connectivity index (χ3n) is 6.73. The highest BCUT2D eigenvalue weighted by Crippen LogP contribution is 2.49. The third kappa shape index (κ3) is 2.65. The zero-order valence-electron chi connectivity index (χ0n) is 17.6. The predicted molar refractivity (Wildman–Crippen MR) is 120 cm³/mol. The second-order valence-electron chi connectivity index (χ2n) is 8.47. The highest BCUT2D eigenvalue weighted by molar-refractivity contribution is 5.97. The fourth-order valence-electron chi connectivity index (χ4n) is 5.27. The number of hydrogen-bond acceptors (Lipinski definition) is 5. The van der Waals surface area contributed by atoms with Crippen molar-refractivity contribution in [3.63, 3.8) is 0 Å². The lowest BCUT2D eigenvalue weighted by atomic mass is 10.1. The Morgan fingerprint density at radius 1 is 1.06 bits per heavy atom. The van der Waals surface area contributed by atoms with Crippen LogP contribution < -0.4 is 5.69 Å². The van der Waals surface area contributed by atoms with Gasteiger partial charge in [0.15, 0.2) is 0 Å². The molecule has 1 N–H and O–H groups in total. The van der Waals surface area contributed by atoms with E-state index in [9.17, 15) is 29.2 Å². The smallest absolute Gasteiger partial charge is 0.336 e. The molecule has 1 aromatic heterocycles. The fourth-order valence-corrected chi connectivity index (χ4v) is 5.27. The lowest BCUT2D eigenvalue weighted by Crippen LogP contribution is -2.37. The topological polar surface area (TPSA) is 111 Å². The van der Waals surface area contributed by atoms with Gasteiger partial charge in [-0.2, -0.15) is 0 Å². The van der Waals surface area contributed by atoms with Crippen molar-refractivity contribution in [3.8, 4) is 11.6 Å². The second kappa shape index (κ2) is 7.01. The summed E-state index contributed by atoms with van der Waals surface area (Å²) in [5.41, 5.74) is 0.409. The second-order valence-corrected chi connectivity index (χ2v) is 8.47. The van der Waals surface area contributed by atoms with Crippen LogP contribution in [0.3, 0.4) is 0 Å². The molecule has 1 saturated heterocycles. The van der Waals surface area contributed by atoms with Crippen LogP contribution in [0.25, 0.3) is 16.5 Å². The average molecular weight is 460 g/mol. The summed E-state index contributed by atoms with van der Waals surface area (Å²) in [5, 5.41) is 23.4.